The first-order valence-corrected chi connectivity index (χ1v) is 5.94. The molecule has 0 aliphatic heterocycles. The number of hydrogen-bond acceptors (Lipinski definition) is 2. The second-order valence-corrected chi connectivity index (χ2v) is 4.25. The topological polar surface area (TPSA) is 23.5 Å². The Balaban J connectivity index is 2.51. The molecule has 0 saturated heterocycles. The molecule has 0 atom stereocenters. The van der Waals surface area contributed by atoms with Gasteiger partial charge in [0.15, 0.2) is 0 Å². The molecule has 0 spiro atoms. The van der Waals surface area contributed by atoms with Crippen LogP contribution in [0.3, 0.4) is 0 Å². The number of aliphatic hydroxyl groups is 1. The van der Waals surface area contributed by atoms with E-state index in [4.69, 9.17) is 5.11 Å². The van der Waals surface area contributed by atoms with Crippen molar-refractivity contribution in [3.63, 3.8) is 0 Å². The van der Waals surface area contributed by atoms with Crippen LogP contribution < -0.4 is 4.90 Å². The summed E-state index contributed by atoms with van der Waals surface area (Å²) in [5.41, 5.74) is 0.145. The highest BCUT2D eigenvalue weighted by atomic mass is 19.4. The molecule has 0 fully saturated rings. The second kappa shape index (κ2) is 6.64. The van der Waals surface area contributed by atoms with Gasteiger partial charge >= 0.3 is 6.18 Å². The van der Waals surface area contributed by atoms with Gasteiger partial charge in [-0.2, -0.15) is 13.2 Å². The highest BCUT2D eigenvalue weighted by molar-refractivity contribution is 5.47. The molecule has 1 N–H and O–H groups in total. The summed E-state index contributed by atoms with van der Waals surface area (Å²) in [6.45, 7) is 0.954. The predicted molar refractivity (Wildman–Crippen MR) is 65.7 cm³/mol. The minimum Gasteiger partial charge on any atom is -0.396 e. The lowest BCUT2D eigenvalue weighted by molar-refractivity contribution is -0.137. The fourth-order valence-electron chi connectivity index (χ4n) is 1.67. The smallest absolute Gasteiger partial charge is 0.396 e. The van der Waals surface area contributed by atoms with E-state index in [0.717, 1.165) is 43.6 Å². The predicted octanol–water partition coefficient (Wildman–Crippen LogP) is 3.30. The maximum absolute atomic E-state index is 12.4. The fourth-order valence-corrected chi connectivity index (χ4v) is 1.67. The molecule has 0 bridgehead atoms. The Morgan fingerprint density at radius 3 is 2.17 bits per heavy atom. The maximum Gasteiger partial charge on any atom is 0.416 e. The maximum atomic E-state index is 12.4. The molecule has 1 aromatic carbocycles. The van der Waals surface area contributed by atoms with Crippen LogP contribution >= 0.6 is 0 Å². The van der Waals surface area contributed by atoms with E-state index in [1.165, 1.54) is 12.1 Å². The minimum atomic E-state index is -4.28. The first-order valence-electron chi connectivity index (χ1n) is 5.94. The van der Waals surface area contributed by atoms with Crippen molar-refractivity contribution >= 4 is 5.69 Å². The first-order chi connectivity index (χ1) is 8.45. The van der Waals surface area contributed by atoms with Crippen LogP contribution in [0.15, 0.2) is 24.3 Å². The number of rotatable bonds is 6. The van der Waals surface area contributed by atoms with Crippen LogP contribution in [0.2, 0.25) is 0 Å². The Bertz CT molecular complexity index is 348. The monoisotopic (exact) mass is 261 g/mol. The number of anilines is 1. The molecule has 102 valence electrons. The summed E-state index contributed by atoms with van der Waals surface area (Å²) >= 11 is 0. The van der Waals surface area contributed by atoms with Crippen molar-refractivity contribution in [2.45, 2.75) is 25.4 Å². The van der Waals surface area contributed by atoms with E-state index in [9.17, 15) is 13.2 Å². The lowest BCUT2D eigenvalue weighted by Gasteiger charge is -2.19. The third kappa shape index (κ3) is 4.56. The number of alkyl halides is 3. The number of halogens is 3. The summed E-state index contributed by atoms with van der Waals surface area (Å²) < 4.78 is 37.1. The van der Waals surface area contributed by atoms with Gasteiger partial charge in [-0.05, 0) is 43.5 Å². The number of nitrogens with zero attached hydrogens (tertiary/aromatic N) is 1. The van der Waals surface area contributed by atoms with E-state index in [-0.39, 0.29) is 6.61 Å². The normalized spacial score (nSPS) is 11.6. The number of hydrogen-bond donors (Lipinski definition) is 1. The van der Waals surface area contributed by atoms with Gasteiger partial charge in [-0.25, -0.2) is 0 Å². The van der Waals surface area contributed by atoms with Crippen LogP contribution in [0.5, 0.6) is 0 Å². The largest absolute Gasteiger partial charge is 0.416 e. The first kappa shape index (κ1) is 14.8. The molecule has 0 heterocycles. The van der Waals surface area contributed by atoms with E-state index < -0.39 is 11.7 Å². The van der Waals surface area contributed by atoms with Crippen molar-refractivity contribution in [3.05, 3.63) is 29.8 Å². The Hall–Kier alpha value is -1.23. The molecule has 0 aliphatic carbocycles. The van der Waals surface area contributed by atoms with Crippen LogP contribution in [-0.4, -0.2) is 25.3 Å². The zero-order valence-corrected chi connectivity index (χ0v) is 10.4. The van der Waals surface area contributed by atoms with Gasteiger partial charge in [-0.1, -0.05) is 0 Å². The van der Waals surface area contributed by atoms with Crippen LogP contribution in [0.4, 0.5) is 18.9 Å². The second-order valence-electron chi connectivity index (χ2n) is 4.25. The summed E-state index contributed by atoms with van der Waals surface area (Å²) in [4.78, 5) is 1.91. The summed E-state index contributed by atoms with van der Waals surface area (Å²) in [6, 6.07) is 5.16. The van der Waals surface area contributed by atoms with Gasteiger partial charge in [-0.3, -0.25) is 0 Å². The van der Waals surface area contributed by atoms with Crippen molar-refractivity contribution < 1.29 is 18.3 Å². The van der Waals surface area contributed by atoms with Crippen LogP contribution in [-0.2, 0) is 6.18 Å². The molecule has 1 aromatic rings. The average molecular weight is 261 g/mol. The molecule has 1 rings (SSSR count). The summed E-state index contributed by atoms with van der Waals surface area (Å²) in [7, 11) is 1.85. The zero-order chi connectivity index (χ0) is 13.6. The molecule has 0 saturated carbocycles. The van der Waals surface area contributed by atoms with Gasteiger partial charge in [0.1, 0.15) is 0 Å². The Kier molecular flexibility index (Phi) is 5.47. The molecule has 0 radical (unpaired) electrons. The van der Waals surface area contributed by atoms with E-state index >= 15 is 0 Å². The number of unbranched alkanes of at least 4 members (excludes halogenated alkanes) is 2. The summed E-state index contributed by atoms with van der Waals surface area (Å²) in [5, 5.41) is 8.64. The van der Waals surface area contributed by atoms with E-state index in [1.807, 2.05) is 11.9 Å². The van der Waals surface area contributed by atoms with Gasteiger partial charge in [-0.15, -0.1) is 0 Å². The van der Waals surface area contributed by atoms with Crippen molar-refractivity contribution in [2.24, 2.45) is 0 Å². The van der Waals surface area contributed by atoms with E-state index in [1.54, 1.807) is 0 Å². The molecular weight excluding hydrogens is 243 g/mol. The van der Waals surface area contributed by atoms with Crippen molar-refractivity contribution in [3.8, 4) is 0 Å². The molecule has 5 heteroatoms. The third-order valence-electron chi connectivity index (χ3n) is 2.79. The molecule has 2 nitrogen and oxygen atoms in total. The number of aliphatic hydroxyl groups excluding tert-OH is 1. The van der Waals surface area contributed by atoms with Gasteiger partial charge < -0.3 is 10.0 Å². The zero-order valence-electron chi connectivity index (χ0n) is 10.4. The average Bonchev–Trinajstić information content (AvgIpc) is 2.33. The Morgan fingerprint density at radius 2 is 1.67 bits per heavy atom. The lowest BCUT2D eigenvalue weighted by atomic mass is 10.2. The standard InChI is InChI=1S/C13H18F3NO/c1-17(9-3-2-4-10-18)12-7-5-11(6-8-12)13(14,15)16/h5-8,18H,2-4,9-10H2,1H3. The Morgan fingerprint density at radius 1 is 1.06 bits per heavy atom. The quantitative estimate of drug-likeness (QED) is 0.794. The van der Waals surface area contributed by atoms with Gasteiger partial charge in [0, 0.05) is 25.9 Å². The third-order valence-corrected chi connectivity index (χ3v) is 2.79. The minimum absolute atomic E-state index is 0.185. The molecule has 18 heavy (non-hydrogen) atoms. The summed E-state index contributed by atoms with van der Waals surface area (Å²) in [6.07, 6.45) is -1.68. The van der Waals surface area contributed by atoms with Crippen LogP contribution in [0, 0.1) is 0 Å². The highest BCUT2D eigenvalue weighted by Gasteiger charge is 2.29. The van der Waals surface area contributed by atoms with Crippen LogP contribution in [0.25, 0.3) is 0 Å². The van der Waals surface area contributed by atoms with Crippen molar-refractivity contribution in [1.82, 2.24) is 0 Å². The molecular formula is C13H18F3NO. The lowest BCUT2D eigenvalue weighted by Crippen LogP contribution is -2.18. The van der Waals surface area contributed by atoms with Crippen LogP contribution in [0.1, 0.15) is 24.8 Å². The van der Waals surface area contributed by atoms with Gasteiger partial charge in [0.05, 0.1) is 5.56 Å². The SMILES string of the molecule is CN(CCCCCO)c1ccc(C(F)(F)F)cc1. The van der Waals surface area contributed by atoms with Crippen molar-refractivity contribution in [2.75, 3.05) is 25.1 Å². The number of benzene rings is 1. The molecule has 0 aliphatic rings. The van der Waals surface area contributed by atoms with Gasteiger partial charge in [0.25, 0.3) is 0 Å². The summed E-state index contributed by atoms with van der Waals surface area (Å²) in [5.74, 6) is 0. The Labute approximate surface area is 105 Å². The fraction of sp³-hybridized carbons (Fsp3) is 0.538. The van der Waals surface area contributed by atoms with E-state index in [2.05, 4.69) is 0 Å². The molecule has 0 aromatic heterocycles. The van der Waals surface area contributed by atoms with E-state index in [0.29, 0.717) is 0 Å². The van der Waals surface area contributed by atoms with Crippen molar-refractivity contribution in [1.29, 1.82) is 0 Å². The van der Waals surface area contributed by atoms with Gasteiger partial charge in [0.2, 0.25) is 0 Å². The molecule has 0 unspecified atom stereocenters. The molecule has 0 amide bonds. The highest BCUT2D eigenvalue weighted by Crippen LogP contribution is 2.30.